The van der Waals surface area contributed by atoms with Crippen molar-refractivity contribution in [3.63, 3.8) is 0 Å². The summed E-state index contributed by atoms with van der Waals surface area (Å²) in [5.74, 6) is -1.23. The molecule has 1 rings (SSSR count). The van der Waals surface area contributed by atoms with Gasteiger partial charge in [0.25, 0.3) is 0 Å². The molecule has 0 aliphatic heterocycles. The fourth-order valence-corrected chi connectivity index (χ4v) is 2.42. The first-order valence-corrected chi connectivity index (χ1v) is 7.62. The van der Waals surface area contributed by atoms with Gasteiger partial charge in [-0.2, -0.15) is 0 Å². The lowest BCUT2D eigenvalue weighted by Crippen LogP contribution is -2.33. The van der Waals surface area contributed by atoms with E-state index < -0.39 is 11.9 Å². The number of aliphatic carboxylic acids is 1. The van der Waals surface area contributed by atoms with Crippen LogP contribution in [0.1, 0.15) is 51.0 Å². The van der Waals surface area contributed by atoms with E-state index in [-0.39, 0.29) is 18.4 Å². The summed E-state index contributed by atoms with van der Waals surface area (Å²) >= 11 is 0. The van der Waals surface area contributed by atoms with Gasteiger partial charge < -0.3 is 10.4 Å². The van der Waals surface area contributed by atoms with Gasteiger partial charge in [-0.05, 0) is 24.3 Å². The Labute approximate surface area is 126 Å². The minimum atomic E-state index is -0.841. The summed E-state index contributed by atoms with van der Waals surface area (Å²) in [5, 5.41) is 11.8. The molecule has 0 fully saturated rings. The van der Waals surface area contributed by atoms with Crippen molar-refractivity contribution in [3.05, 3.63) is 35.9 Å². The molecular weight excluding hydrogens is 266 g/mol. The molecule has 0 bridgehead atoms. The predicted molar refractivity (Wildman–Crippen MR) is 83.1 cm³/mol. The summed E-state index contributed by atoms with van der Waals surface area (Å²) in [4.78, 5) is 23.1. The second-order valence-corrected chi connectivity index (χ2v) is 5.35. The Balaban J connectivity index is 2.50. The summed E-state index contributed by atoms with van der Waals surface area (Å²) in [6.45, 7) is 4.22. The maximum atomic E-state index is 12.0. The maximum absolute atomic E-state index is 12.0. The number of carboxylic acid groups (broad SMARTS) is 1. The number of hydrogen-bond acceptors (Lipinski definition) is 2. The highest BCUT2D eigenvalue weighted by molar-refractivity contribution is 5.78. The van der Waals surface area contributed by atoms with Gasteiger partial charge in [-0.1, -0.05) is 50.6 Å². The molecule has 2 atom stereocenters. The van der Waals surface area contributed by atoms with E-state index in [2.05, 4.69) is 12.2 Å². The third kappa shape index (κ3) is 5.98. The van der Waals surface area contributed by atoms with Crippen LogP contribution in [0.5, 0.6) is 0 Å². The van der Waals surface area contributed by atoms with Crippen molar-refractivity contribution in [2.45, 2.75) is 45.4 Å². The van der Waals surface area contributed by atoms with Gasteiger partial charge in [0.2, 0.25) is 5.91 Å². The van der Waals surface area contributed by atoms with E-state index in [1.165, 1.54) is 0 Å². The van der Waals surface area contributed by atoms with Gasteiger partial charge in [0.1, 0.15) is 0 Å². The molecule has 2 N–H and O–H groups in total. The highest BCUT2D eigenvalue weighted by Gasteiger charge is 2.19. The molecular formula is C17H25NO3. The van der Waals surface area contributed by atoms with Crippen LogP contribution in [0, 0.1) is 5.92 Å². The van der Waals surface area contributed by atoms with Crippen molar-refractivity contribution in [3.8, 4) is 0 Å². The quantitative estimate of drug-likeness (QED) is 0.734. The first kappa shape index (κ1) is 17.2. The Hall–Kier alpha value is -1.84. The summed E-state index contributed by atoms with van der Waals surface area (Å²) in [7, 11) is 0. The molecule has 1 amide bonds. The molecule has 0 radical (unpaired) electrons. The Morgan fingerprint density at radius 2 is 1.86 bits per heavy atom. The molecule has 0 aliphatic carbocycles. The van der Waals surface area contributed by atoms with Gasteiger partial charge >= 0.3 is 5.97 Å². The molecule has 4 heteroatoms. The lowest BCUT2D eigenvalue weighted by molar-refractivity contribution is -0.141. The second-order valence-electron chi connectivity index (χ2n) is 5.35. The third-order valence-electron chi connectivity index (χ3n) is 3.73. The van der Waals surface area contributed by atoms with Gasteiger partial charge in [0.05, 0.1) is 5.92 Å². The van der Waals surface area contributed by atoms with E-state index in [0.29, 0.717) is 12.8 Å². The lowest BCUT2D eigenvalue weighted by Gasteiger charge is -2.17. The normalized spacial score (nSPS) is 13.4. The Morgan fingerprint density at radius 3 is 2.38 bits per heavy atom. The zero-order valence-corrected chi connectivity index (χ0v) is 12.8. The monoisotopic (exact) mass is 291 g/mol. The molecule has 1 aromatic carbocycles. The van der Waals surface area contributed by atoms with Gasteiger partial charge in [-0.25, -0.2) is 0 Å². The summed E-state index contributed by atoms with van der Waals surface area (Å²) < 4.78 is 0. The predicted octanol–water partition coefficient (Wildman–Crippen LogP) is 3.19. The molecule has 116 valence electrons. The number of carboxylic acids is 1. The summed E-state index contributed by atoms with van der Waals surface area (Å²) in [5.41, 5.74) is 1.15. The largest absolute Gasteiger partial charge is 0.481 e. The van der Waals surface area contributed by atoms with Gasteiger partial charge in [-0.3, -0.25) is 9.59 Å². The number of hydrogen-bond donors (Lipinski definition) is 2. The number of carbonyl (C=O) groups is 2. The first-order chi connectivity index (χ1) is 10.1. The van der Waals surface area contributed by atoms with Crippen molar-refractivity contribution < 1.29 is 14.7 Å². The SMILES string of the molecule is CCCC(CNC(=O)CC(CC)c1ccccc1)C(=O)O. The third-order valence-corrected chi connectivity index (χ3v) is 3.73. The number of amides is 1. The van der Waals surface area contributed by atoms with Crippen LogP contribution in [0.4, 0.5) is 0 Å². The molecule has 2 unspecified atom stereocenters. The van der Waals surface area contributed by atoms with Crippen LogP contribution in [-0.2, 0) is 9.59 Å². The minimum Gasteiger partial charge on any atom is -0.481 e. The zero-order chi connectivity index (χ0) is 15.7. The fourth-order valence-electron chi connectivity index (χ4n) is 2.42. The fraction of sp³-hybridized carbons (Fsp3) is 0.529. The molecule has 4 nitrogen and oxygen atoms in total. The Bertz CT molecular complexity index is 445. The van der Waals surface area contributed by atoms with E-state index in [1.54, 1.807) is 0 Å². The zero-order valence-electron chi connectivity index (χ0n) is 12.8. The molecule has 0 aliphatic rings. The van der Waals surface area contributed by atoms with Crippen LogP contribution >= 0.6 is 0 Å². The van der Waals surface area contributed by atoms with Crippen LogP contribution in [0.15, 0.2) is 30.3 Å². The smallest absolute Gasteiger partial charge is 0.308 e. The molecule has 0 saturated carbocycles. The molecule has 0 spiro atoms. The van der Waals surface area contributed by atoms with Crippen LogP contribution in [0.25, 0.3) is 0 Å². The van der Waals surface area contributed by atoms with Crippen LogP contribution in [0.2, 0.25) is 0 Å². The van der Waals surface area contributed by atoms with E-state index >= 15 is 0 Å². The number of carbonyl (C=O) groups excluding carboxylic acids is 1. The first-order valence-electron chi connectivity index (χ1n) is 7.62. The minimum absolute atomic E-state index is 0.0759. The van der Waals surface area contributed by atoms with Crippen molar-refractivity contribution in [2.75, 3.05) is 6.54 Å². The van der Waals surface area contributed by atoms with Crippen LogP contribution in [0.3, 0.4) is 0 Å². The van der Waals surface area contributed by atoms with Gasteiger partial charge in [0.15, 0.2) is 0 Å². The highest BCUT2D eigenvalue weighted by Crippen LogP contribution is 2.22. The highest BCUT2D eigenvalue weighted by atomic mass is 16.4. The van der Waals surface area contributed by atoms with E-state index in [1.807, 2.05) is 37.3 Å². The van der Waals surface area contributed by atoms with Crippen molar-refractivity contribution in [1.29, 1.82) is 0 Å². The summed E-state index contributed by atoms with van der Waals surface area (Å²) in [6.07, 6.45) is 2.67. The topological polar surface area (TPSA) is 66.4 Å². The number of rotatable bonds is 9. The van der Waals surface area contributed by atoms with E-state index in [4.69, 9.17) is 5.11 Å². The Morgan fingerprint density at radius 1 is 1.19 bits per heavy atom. The standard InChI is InChI=1S/C17H25NO3/c1-3-8-15(17(20)21)12-18-16(19)11-13(4-2)14-9-6-5-7-10-14/h5-7,9-10,13,15H,3-4,8,11-12H2,1-2H3,(H,18,19)(H,20,21). The van der Waals surface area contributed by atoms with E-state index in [9.17, 15) is 9.59 Å². The van der Waals surface area contributed by atoms with Crippen molar-refractivity contribution >= 4 is 11.9 Å². The van der Waals surface area contributed by atoms with Gasteiger partial charge in [0, 0.05) is 13.0 Å². The molecule has 21 heavy (non-hydrogen) atoms. The molecule has 1 aromatic rings. The molecule has 0 heterocycles. The maximum Gasteiger partial charge on any atom is 0.308 e. The molecule has 0 aromatic heterocycles. The lowest BCUT2D eigenvalue weighted by atomic mass is 9.93. The van der Waals surface area contributed by atoms with Crippen LogP contribution in [-0.4, -0.2) is 23.5 Å². The summed E-state index contributed by atoms with van der Waals surface area (Å²) in [6, 6.07) is 9.95. The number of nitrogens with one attached hydrogen (secondary N) is 1. The number of benzene rings is 1. The Kier molecular flexibility index (Phi) is 7.51. The van der Waals surface area contributed by atoms with Crippen molar-refractivity contribution in [1.82, 2.24) is 5.32 Å². The van der Waals surface area contributed by atoms with Gasteiger partial charge in [-0.15, -0.1) is 0 Å². The second kappa shape index (κ2) is 9.16. The average molecular weight is 291 g/mol. The molecule has 0 saturated heterocycles. The van der Waals surface area contributed by atoms with Crippen LogP contribution < -0.4 is 5.32 Å². The average Bonchev–Trinajstić information content (AvgIpc) is 2.49. The van der Waals surface area contributed by atoms with Crippen molar-refractivity contribution in [2.24, 2.45) is 5.92 Å². The van der Waals surface area contributed by atoms with E-state index in [0.717, 1.165) is 18.4 Å².